The van der Waals surface area contributed by atoms with Crippen molar-refractivity contribution >= 4 is 12.0 Å². The number of carbonyl (C=O) groups is 2. The average Bonchev–Trinajstić information content (AvgIpc) is 3.14. The summed E-state index contributed by atoms with van der Waals surface area (Å²) in [7, 11) is 5.85. The Labute approximate surface area is 153 Å². The van der Waals surface area contributed by atoms with Gasteiger partial charge in [-0.25, -0.2) is 4.79 Å². The van der Waals surface area contributed by atoms with Gasteiger partial charge >= 0.3 is 6.09 Å². The third kappa shape index (κ3) is 4.14. The Morgan fingerprint density at radius 1 is 1.35 bits per heavy atom. The maximum Gasteiger partial charge on any atom is 0.410 e. The van der Waals surface area contributed by atoms with Gasteiger partial charge in [0.05, 0.1) is 6.54 Å². The van der Waals surface area contributed by atoms with Gasteiger partial charge < -0.3 is 24.0 Å². The summed E-state index contributed by atoms with van der Waals surface area (Å²) in [5.74, 6) is 0.935. The molecule has 2 amide bonds. The number of aryl methyl sites for hydroxylation is 2. The van der Waals surface area contributed by atoms with Gasteiger partial charge in [-0.05, 0) is 14.1 Å². The molecule has 2 saturated heterocycles. The first-order chi connectivity index (χ1) is 12.4. The van der Waals surface area contributed by atoms with Crippen LogP contribution in [0, 0.1) is 0 Å². The van der Waals surface area contributed by atoms with Crippen molar-refractivity contribution in [3.8, 4) is 0 Å². The highest BCUT2D eigenvalue weighted by molar-refractivity contribution is 5.76. The molecular weight excluding hydrogens is 336 g/mol. The van der Waals surface area contributed by atoms with Crippen molar-refractivity contribution in [1.82, 2.24) is 29.5 Å². The third-order valence-electron chi connectivity index (χ3n) is 5.25. The van der Waals surface area contributed by atoms with Crippen LogP contribution in [0.3, 0.4) is 0 Å². The number of likely N-dealkylation sites (N-methyl/N-ethyl adjacent to an activating group) is 1. The molecule has 0 bridgehead atoms. The zero-order chi connectivity index (χ0) is 18.7. The minimum absolute atomic E-state index is 0.122. The summed E-state index contributed by atoms with van der Waals surface area (Å²) >= 11 is 0. The Hall–Kier alpha value is -2.16. The molecule has 2 aliphatic heterocycles. The number of carbonyl (C=O) groups excluding carboxylic acids is 2. The van der Waals surface area contributed by atoms with Crippen molar-refractivity contribution in [1.29, 1.82) is 0 Å². The first-order valence-corrected chi connectivity index (χ1v) is 9.12. The lowest BCUT2D eigenvalue weighted by atomic mass is 9.91. The van der Waals surface area contributed by atoms with Gasteiger partial charge in [0.1, 0.15) is 17.8 Å². The second-order valence-electron chi connectivity index (χ2n) is 7.51. The summed E-state index contributed by atoms with van der Waals surface area (Å²) in [4.78, 5) is 30.3. The molecule has 2 fully saturated rings. The summed E-state index contributed by atoms with van der Waals surface area (Å²) < 4.78 is 7.54. The van der Waals surface area contributed by atoms with E-state index < -0.39 is 5.60 Å². The van der Waals surface area contributed by atoms with Gasteiger partial charge in [-0.15, -0.1) is 10.2 Å². The van der Waals surface area contributed by atoms with Gasteiger partial charge in [-0.1, -0.05) is 0 Å². The molecular formula is C17H28N6O3. The van der Waals surface area contributed by atoms with E-state index >= 15 is 0 Å². The molecule has 9 nitrogen and oxygen atoms in total. The molecule has 3 heterocycles. The van der Waals surface area contributed by atoms with E-state index in [0.717, 1.165) is 12.4 Å². The van der Waals surface area contributed by atoms with E-state index in [0.29, 0.717) is 51.9 Å². The minimum Gasteiger partial charge on any atom is -0.441 e. The van der Waals surface area contributed by atoms with Crippen LogP contribution in [-0.2, 0) is 23.0 Å². The van der Waals surface area contributed by atoms with Crippen molar-refractivity contribution in [3.05, 3.63) is 12.2 Å². The predicted octanol–water partition coefficient (Wildman–Crippen LogP) is 0.123. The van der Waals surface area contributed by atoms with Gasteiger partial charge in [0.15, 0.2) is 0 Å². The lowest BCUT2D eigenvalue weighted by molar-refractivity contribution is -0.134. The molecule has 3 rings (SSSR count). The van der Waals surface area contributed by atoms with E-state index in [1.165, 1.54) is 0 Å². The Morgan fingerprint density at radius 2 is 2.08 bits per heavy atom. The maximum absolute atomic E-state index is 12.5. The zero-order valence-electron chi connectivity index (χ0n) is 15.8. The summed E-state index contributed by atoms with van der Waals surface area (Å²) in [5, 5.41) is 7.85. The quantitative estimate of drug-likeness (QED) is 0.713. The first-order valence-electron chi connectivity index (χ1n) is 9.12. The van der Waals surface area contributed by atoms with Crippen molar-refractivity contribution in [2.75, 3.05) is 46.8 Å². The second kappa shape index (κ2) is 7.61. The standard InChI is InChI=1S/C17H28N6O3/c1-20(2)10-11-23-12-17(26-16(23)25)6-8-22(9-7-17)15(24)5-4-14-19-18-13-21(14)3/h13H,4-12H2,1-3H3. The molecule has 0 aromatic carbocycles. The van der Waals surface area contributed by atoms with Gasteiger partial charge in [0, 0.05) is 58.9 Å². The molecule has 2 aliphatic rings. The number of amides is 2. The number of piperidine rings is 1. The van der Waals surface area contributed by atoms with Gasteiger partial charge in [0.2, 0.25) is 5.91 Å². The van der Waals surface area contributed by atoms with Crippen molar-refractivity contribution in [3.63, 3.8) is 0 Å². The summed E-state index contributed by atoms with van der Waals surface area (Å²) in [6.45, 7) is 3.38. The fourth-order valence-electron chi connectivity index (χ4n) is 3.52. The second-order valence-corrected chi connectivity index (χ2v) is 7.51. The molecule has 1 aromatic heterocycles. The smallest absolute Gasteiger partial charge is 0.410 e. The molecule has 26 heavy (non-hydrogen) atoms. The van der Waals surface area contributed by atoms with E-state index in [-0.39, 0.29) is 12.0 Å². The first kappa shape index (κ1) is 18.6. The molecule has 144 valence electrons. The fraction of sp³-hybridized carbons (Fsp3) is 0.765. The van der Waals surface area contributed by atoms with Crippen molar-refractivity contribution in [2.24, 2.45) is 7.05 Å². The van der Waals surface area contributed by atoms with Crippen LogP contribution in [0.15, 0.2) is 6.33 Å². The van der Waals surface area contributed by atoms with Crippen LogP contribution >= 0.6 is 0 Å². The van der Waals surface area contributed by atoms with Crippen LogP contribution in [0.5, 0.6) is 0 Å². The third-order valence-corrected chi connectivity index (χ3v) is 5.25. The SMILES string of the molecule is CN(C)CCN1CC2(CCN(C(=O)CCc3nncn3C)CC2)OC1=O. The van der Waals surface area contributed by atoms with Crippen LogP contribution in [0.2, 0.25) is 0 Å². The molecule has 1 aromatic rings. The van der Waals surface area contributed by atoms with E-state index in [9.17, 15) is 9.59 Å². The number of aromatic nitrogens is 3. The molecule has 0 radical (unpaired) electrons. The number of hydrogen-bond donors (Lipinski definition) is 0. The number of nitrogens with zero attached hydrogens (tertiary/aromatic N) is 6. The largest absolute Gasteiger partial charge is 0.441 e. The van der Waals surface area contributed by atoms with E-state index in [4.69, 9.17) is 4.74 Å². The molecule has 0 unspecified atom stereocenters. The van der Waals surface area contributed by atoms with Crippen LogP contribution in [-0.4, -0.2) is 93.9 Å². The van der Waals surface area contributed by atoms with Crippen LogP contribution in [0.1, 0.15) is 25.1 Å². The Bertz CT molecular complexity index is 651. The van der Waals surface area contributed by atoms with E-state index in [2.05, 4.69) is 15.1 Å². The Morgan fingerprint density at radius 3 is 2.69 bits per heavy atom. The van der Waals surface area contributed by atoms with Gasteiger partial charge in [-0.2, -0.15) is 0 Å². The monoisotopic (exact) mass is 364 g/mol. The summed E-state index contributed by atoms with van der Waals surface area (Å²) in [5.41, 5.74) is -0.427. The fourth-order valence-corrected chi connectivity index (χ4v) is 3.52. The van der Waals surface area contributed by atoms with Gasteiger partial charge in [0.25, 0.3) is 0 Å². The molecule has 1 spiro atoms. The molecule has 0 saturated carbocycles. The highest BCUT2D eigenvalue weighted by Gasteiger charge is 2.47. The minimum atomic E-state index is -0.427. The van der Waals surface area contributed by atoms with Crippen molar-refractivity contribution < 1.29 is 14.3 Å². The molecule has 9 heteroatoms. The highest BCUT2D eigenvalue weighted by Crippen LogP contribution is 2.33. The Kier molecular flexibility index (Phi) is 5.45. The lowest BCUT2D eigenvalue weighted by Crippen LogP contribution is -2.49. The van der Waals surface area contributed by atoms with E-state index in [1.54, 1.807) is 11.2 Å². The topological polar surface area (TPSA) is 83.8 Å². The van der Waals surface area contributed by atoms with Crippen LogP contribution in [0.25, 0.3) is 0 Å². The number of ether oxygens (including phenoxy) is 1. The number of rotatable bonds is 6. The molecule has 0 aliphatic carbocycles. The lowest BCUT2D eigenvalue weighted by Gasteiger charge is -2.37. The Balaban J connectivity index is 1.47. The normalized spacial score (nSPS) is 19.5. The maximum atomic E-state index is 12.5. The van der Waals surface area contributed by atoms with Crippen LogP contribution in [0.4, 0.5) is 4.79 Å². The van der Waals surface area contributed by atoms with Gasteiger partial charge in [-0.3, -0.25) is 4.79 Å². The molecule has 0 atom stereocenters. The summed E-state index contributed by atoms with van der Waals surface area (Å²) in [6, 6.07) is 0. The average molecular weight is 364 g/mol. The zero-order valence-corrected chi connectivity index (χ0v) is 15.8. The van der Waals surface area contributed by atoms with Crippen LogP contribution < -0.4 is 0 Å². The molecule has 0 N–H and O–H groups in total. The highest BCUT2D eigenvalue weighted by atomic mass is 16.6. The predicted molar refractivity (Wildman–Crippen MR) is 94.5 cm³/mol. The van der Waals surface area contributed by atoms with E-state index in [1.807, 2.05) is 30.6 Å². The van der Waals surface area contributed by atoms with Crippen molar-refractivity contribution in [2.45, 2.75) is 31.3 Å². The number of likely N-dealkylation sites (tertiary alicyclic amines) is 1. The number of hydrogen-bond acceptors (Lipinski definition) is 6. The summed E-state index contributed by atoms with van der Waals surface area (Å²) in [6.07, 6.45) is 3.83.